The number of halogens is 6. The van der Waals surface area contributed by atoms with Crippen LogP contribution in [0.2, 0.25) is 0 Å². The fourth-order valence-electron chi connectivity index (χ4n) is 4.61. The molecule has 1 aliphatic heterocycles. The SMILES string of the molecule is Cc1cc(C(O)(C(F)(F)F)C(F)(F)F)ccc1-c1sc(-c2noc(CC(C)(C)C(=O)O)n2)nc1C(=O)N1CCCC1C. The van der Waals surface area contributed by atoms with E-state index in [0.717, 1.165) is 30.2 Å². The maximum absolute atomic E-state index is 13.6. The first-order valence-corrected chi connectivity index (χ1v) is 13.4. The van der Waals surface area contributed by atoms with Crippen LogP contribution in [0.15, 0.2) is 22.7 Å². The van der Waals surface area contributed by atoms with E-state index < -0.39 is 40.8 Å². The number of amides is 1. The van der Waals surface area contributed by atoms with Crippen molar-refractivity contribution in [2.24, 2.45) is 5.41 Å². The third kappa shape index (κ3) is 5.48. The van der Waals surface area contributed by atoms with Crippen molar-refractivity contribution in [2.45, 2.75) is 71.0 Å². The molecule has 2 aromatic heterocycles. The average molecular weight is 621 g/mol. The normalized spacial score (nSPS) is 16.7. The summed E-state index contributed by atoms with van der Waals surface area (Å²) >= 11 is 0.863. The topological polar surface area (TPSA) is 130 Å². The molecule has 4 rings (SSSR count). The van der Waals surface area contributed by atoms with E-state index in [-0.39, 0.29) is 50.9 Å². The molecule has 1 unspecified atom stereocenters. The summed E-state index contributed by atoms with van der Waals surface area (Å²) in [6.45, 7) is 6.42. The number of carbonyl (C=O) groups is 2. The van der Waals surface area contributed by atoms with Crippen LogP contribution < -0.4 is 0 Å². The third-order valence-corrected chi connectivity index (χ3v) is 8.27. The molecule has 16 heteroatoms. The lowest BCUT2D eigenvalue weighted by atomic mass is 9.89. The molecule has 0 spiro atoms. The molecule has 1 saturated heterocycles. The minimum absolute atomic E-state index is 0.0192. The number of hydrogen-bond donors (Lipinski definition) is 2. The van der Waals surface area contributed by atoms with E-state index in [1.54, 1.807) is 4.90 Å². The van der Waals surface area contributed by atoms with Crippen molar-refractivity contribution < 1.29 is 50.7 Å². The van der Waals surface area contributed by atoms with Gasteiger partial charge in [-0.2, -0.15) is 31.3 Å². The highest BCUT2D eigenvalue weighted by molar-refractivity contribution is 7.18. The number of benzene rings is 1. The first kappa shape index (κ1) is 31.4. The molecule has 2 N–H and O–H groups in total. The molecular formula is C26H26F6N4O5S. The first-order chi connectivity index (χ1) is 19.3. The van der Waals surface area contributed by atoms with Gasteiger partial charge < -0.3 is 19.6 Å². The fourth-order valence-corrected chi connectivity index (χ4v) is 5.69. The molecule has 1 aliphatic rings. The minimum atomic E-state index is -6.06. The number of aryl methyl sites for hydroxylation is 1. The van der Waals surface area contributed by atoms with Crippen molar-refractivity contribution in [1.82, 2.24) is 20.0 Å². The number of thiazole rings is 1. The van der Waals surface area contributed by atoms with Crippen LogP contribution in [0.4, 0.5) is 26.3 Å². The van der Waals surface area contributed by atoms with Crippen molar-refractivity contribution in [3.63, 3.8) is 0 Å². The second kappa shape index (κ2) is 10.6. The summed E-state index contributed by atoms with van der Waals surface area (Å²) in [6.07, 6.45) is -10.8. The molecule has 0 bridgehead atoms. The Balaban J connectivity index is 1.82. The van der Waals surface area contributed by atoms with Gasteiger partial charge in [-0.1, -0.05) is 23.4 Å². The van der Waals surface area contributed by atoms with Gasteiger partial charge in [0.05, 0.1) is 10.3 Å². The highest BCUT2D eigenvalue weighted by atomic mass is 32.1. The van der Waals surface area contributed by atoms with E-state index in [2.05, 4.69) is 15.1 Å². The molecule has 3 aromatic rings. The van der Waals surface area contributed by atoms with Gasteiger partial charge >= 0.3 is 18.3 Å². The van der Waals surface area contributed by atoms with Crippen molar-refractivity contribution >= 4 is 23.2 Å². The number of aliphatic carboxylic acids is 1. The molecule has 0 aliphatic carbocycles. The zero-order valence-corrected chi connectivity index (χ0v) is 23.5. The van der Waals surface area contributed by atoms with Gasteiger partial charge in [-0.3, -0.25) is 9.59 Å². The van der Waals surface area contributed by atoms with Crippen molar-refractivity contribution in [1.29, 1.82) is 0 Å². The molecule has 1 amide bonds. The Morgan fingerprint density at radius 2 is 1.76 bits per heavy atom. The van der Waals surface area contributed by atoms with E-state index in [1.807, 2.05) is 6.92 Å². The fraction of sp³-hybridized carbons (Fsp3) is 0.500. The van der Waals surface area contributed by atoms with Gasteiger partial charge in [0.1, 0.15) is 5.69 Å². The Morgan fingerprint density at radius 1 is 1.12 bits per heavy atom. The van der Waals surface area contributed by atoms with Crippen LogP contribution in [-0.2, 0) is 16.8 Å². The van der Waals surface area contributed by atoms with Gasteiger partial charge in [0, 0.05) is 24.6 Å². The Labute approximate surface area is 239 Å². The lowest BCUT2D eigenvalue weighted by Crippen LogP contribution is -2.53. The smallest absolute Gasteiger partial charge is 0.430 e. The first-order valence-electron chi connectivity index (χ1n) is 12.6. The van der Waals surface area contributed by atoms with Crippen LogP contribution >= 0.6 is 11.3 Å². The monoisotopic (exact) mass is 620 g/mol. The number of carboxylic acids is 1. The summed E-state index contributed by atoms with van der Waals surface area (Å²) in [5, 5.41) is 23.1. The van der Waals surface area contributed by atoms with Crippen LogP contribution in [-0.4, -0.2) is 67.1 Å². The number of alkyl halides is 6. The number of likely N-dealkylation sites (tertiary alicyclic amines) is 1. The van der Waals surface area contributed by atoms with Gasteiger partial charge in [0.15, 0.2) is 5.01 Å². The van der Waals surface area contributed by atoms with Crippen LogP contribution in [0.1, 0.15) is 61.1 Å². The number of hydrogen-bond acceptors (Lipinski definition) is 8. The van der Waals surface area contributed by atoms with Gasteiger partial charge in [0.25, 0.3) is 11.5 Å². The third-order valence-electron chi connectivity index (χ3n) is 7.18. The van der Waals surface area contributed by atoms with Crippen molar-refractivity contribution in [3.05, 3.63) is 40.9 Å². The highest BCUT2D eigenvalue weighted by Gasteiger charge is 2.71. The largest absolute Gasteiger partial charge is 0.481 e. The summed E-state index contributed by atoms with van der Waals surface area (Å²) in [4.78, 5) is 35.3. The molecule has 3 heterocycles. The van der Waals surface area contributed by atoms with Crippen LogP contribution in [0.5, 0.6) is 0 Å². The van der Waals surface area contributed by atoms with Crippen LogP contribution in [0, 0.1) is 12.3 Å². The molecule has 1 fully saturated rings. The Bertz CT molecular complexity index is 1500. The van der Waals surface area contributed by atoms with E-state index in [0.29, 0.717) is 18.7 Å². The van der Waals surface area contributed by atoms with Crippen molar-refractivity contribution in [3.8, 4) is 21.3 Å². The molecule has 0 radical (unpaired) electrons. The lowest BCUT2D eigenvalue weighted by molar-refractivity contribution is -0.376. The summed E-state index contributed by atoms with van der Waals surface area (Å²) in [6, 6.07) is 1.91. The summed E-state index contributed by atoms with van der Waals surface area (Å²) < 4.78 is 86.0. The minimum Gasteiger partial charge on any atom is -0.481 e. The molecule has 9 nitrogen and oxygen atoms in total. The number of aromatic nitrogens is 3. The van der Waals surface area contributed by atoms with Crippen molar-refractivity contribution in [2.75, 3.05) is 6.54 Å². The molecule has 1 atom stereocenters. The number of carbonyl (C=O) groups excluding carboxylic acids is 1. The van der Waals surface area contributed by atoms with Gasteiger partial charge in [-0.05, 0) is 51.7 Å². The Kier molecular flexibility index (Phi) is 7.95. The average Bonchev–Trinajstić information content (AvgIpc) is 3.61. The number of carboxylic acid groups (broad SMARTS) is 1. The maximum Gasteiger partial charge on any atom is 0.430 e. The number of aliphatic hydroxyl groups is 1. The number of rotatable bonds is 7. The molecule has 1 aromatic carbocycles. The zero-order valence-electron chi connectivity index (χ0n) is 22.7. The highest BCUT2D eigenvalue weighted by Crippen LogP contribution is 2.51. The number of nitrogens with zero attached hydrogens (tertiary/aromatic N) is 4. The van der Waals surface area contributed by atoms with Gasteiger partial charge in [-0.25, -0.2) is 4.98 Å². The molecular weight excluding hydrogens is 594 g/mol. The summed E-state index contributed by atoms with van der Waals surface area (Å²) in [7, 11) is 0. The van der Waals surface area contributed by atoms with E-state index >= 15 is 0 Å². The second-order valence-corrected chi connectivity index (χ2v) is 11.8. The maximum atomic E-state index is 13.6. The van der Waals surface area contributed by atoms with Crippen LogP contribution in [0.25, 0.3) is 21.3 Å². The summed E-state index contributed by atoms with van der Waals surface area (Å²) in [5.41, 5.74) is -7.87. The Hall–Kier alpha value is -3.53. The van der Waals surface area contributed by atoms with Gasteiger partial charge in [0.2, 0.25) is 11.7 Å². The van der Waals surface area contributed by atoms with E-state index in [9.17, 15) is 46.1 Å². The predicted molar refractivity (Wildman–Crippen MR) is 136 cm³/mol. The zero-order chi connectivity index (χ0) is 31.4. The van der Waals surface area contributed by atoms with Gasteiger partial charge in [-0.15, -0.1) is 11.3 Å². The standard InChI is InChI=1S/C26H26F6N4O5S/c1-12-10-14(24(40,25(27,28)29)26(30,31)32)7-8-15(12)18-17(21(37)36-9-5-6-13(36)2)34-20(42-18)19-33-16(41-35-19)11-23(3,4)22(38)39/h7-8,10,13,40H,5-6,9,11H2,1-4H3,(H,38,39). The Morgan fingerprint density at radius 3 is 2.29 bits per heavy atom. The lowest BCUT2D eigenvalue weighted by Gasteiger charge is -2.33. The molecule has 0 saturated carbocycles. The molecule has 42 heavy (non-hydrogen) atoms. The van der Waals surface area contributed by atoms with Crippen LogP contribution in [0.3, 0.4) is 0 Å². The second-order valence-electron chi connectivity index (χ2n) is 10.8. The summed E-state index contributed by atoms with van der Waals surface area (Å²) in [5.74, 6) is -1.70. The quantitative estimate of drug-likeness (QED) is 0.319. The molecule has 228 valence electrons. The predicted octanol–water partition coefficient (Wildman–Crippen LogP) is 5.76. The van der Waals surface area contributed by atoms with E-state index in [1.165, 1.54) is 20.8 Å². The van der Waals surface area contributed by atoms with E-state index in [4.69, 9.17) is 4.52 Å².